The number of hydrogen-bond acceptors (Lipinski definition) is 5. The van der Waals surface area contributed by atoms with Crippen molar-refractivity contribution in [2.45, 2.75) is 65.2 Å². The number of carbonyl (C=O) groups excluding carboxylic acids is 2. The number of aromatic nitrogens is 1. The Kier molecular flexibility index (Phi) is 6.12. The quantitative estimate of drug-likeness (QED) is 0.843. The number of ether oxygens (including phenoxy) is 2. The minimum atomic E-state index is -0.790. The molecule has 0 saturated heterocycles. The molecule has 0 aliphatic carbocycles. The van der Waals surface area contributed by atoms with Crippen LogP contribution in [0.2, 0.25) is 0 Å². The molecule has 0 radical (unpaired) electrons. The van der Waals surface area contributed by atoms with Crippen LogP contribution in [0.25, 0.3) is 0 Å². The molecule has 23 heavy (non-hydrogen) atoms. The Morgan fingerprint density at radius 3 is 2.22 bits per heavy atom. The summed E-state index contributed by atoms with van der Waals surface area (Å²) in [5.41, 5.74) is -0.290. The van der Waals surface area contributed by atoms with Crippen molar-refractivity contribution >= 4 is 12.1 Å². The molecule has 1 atom stereocenters. The van der Waals surface area contributed by atoms with Crippen molar-refractivity contribution in [3.63, 3.8) is 0 Å². The molecule has 6 nitrogen and oxygen atoms in total. The first-order chi connectivity index (χ1) is 10.5. The molecule has 1 N–H and O–H groups in total. The van der Waals surface area contributed by atoms with Crippen LogP contribution in [0.3, 0.4) is 0 Å². The number of nitrogens with one attached hydrogen (secondary N) is 1. The number of pyridine rings is 1. The highest BCUT2D eigenvalue weighted by atomic mass is 16.6. The summed E-state index contributed by atoms with van der Waals surface area (Å²) in [6.45, 7) is 10.5. The summed E-state index contributed by atoms with van der Waals surface area (Å²) in [4.78, 5) is 27.8. The first-order valence-corrected chi connectivity index (χ1v) is 7.60. The monoisotopic (exact) mass is 322 g/mol. The zero-order valence-electron chi connectivity index (χ0n) is 14.7. The molecule has 0 aliphatic rings. The number of amides is 1. The second-order valence-corrected chi connectivity index (χ2v) is 7.08. The van der Waals surface area contributed by atoms with E-state index in [0.29, 0.717) is 6.42 Å². The smallest absolute Gasteiger partial charge is 0.408 e. The van der Waals surface area contributed by atoms with Gasteiger partial charge in [-0.05, 0) is 59.2 Å². The van der Waals surface area contributed by atoms with Gasteiger partial charge in [-0.2, -0.15) is 0 Å². The van der Waals surface area contributed by atoms with E-state index in [9.17, 15) is 9.59 Å². The lowest BCUT2D eigenvalue weighted by atomic mass is 9.99. The summed E-state index contributed by atoms with van der Waals surface area (Å²) >= 11 is 0. The van der Waals surface area contributed by atoms with Crippen LogP contribution in [-0.4, -0.2) is 34.3 Å². The van der Waals surface area contributed by atoms with Gasteiger partial charge in [-0.15, -0.1) is 0 Å². The predicted octanol–water partition coefficient (Wildman–Crippen LogP) is 2.86. The molecule has 0 bridgehead atoms. The van der Waals surface area contributed by atoms with Crippen LogP contribution < -0.4 is 5.32 Å². The first-order valence-electron chi connectivity index (χ1n) is 7.60. The summed E-state index contributed by atoms with van der Waals surface area (Å²) in [6, 6.07) is 2.96. The fraction of sp³-hybridized carbons (Fsp3) is 0.588. The lowest BCUT2D eigenvalue weighted by molar-refractivity contribution is -0.158. The van der Waals surface area contributed by atoms with E-state index in [4.69, 9.17) is 9.47 Å². The molecule has 0 aromatic carbocycles. The highest BCUT2D eigenvalue weighted by Crippen LogP contribution is 2.17. The summed E-state index contributed by atoms with van der Waals surface area (Å²) in [6.07, 6.45) is 3.30. The van der Waals surface area contributed by atoms with Crippen LogP contribution in [0, 0.1) is 0 Å². The van der Waals surface area contributed by atoms with Gasteiger partial charge in [-0.25, -0.2) is 9.59 Å². The molecule has 6 heteroatoms. The Hall–Kier alpha value is -2.11. The molecule has 128 valence electrons. The highest BCUT2D eigenvalue weighted by Gasteiger charge is 2.28. The molecule has 0 fully saturated rings. The van der Waals surface area contributed by atoms with Gasteiger partial charge in [-0.1, -0.05) is 0 Å². The Labute approximate surface area is 137 Å². The molecule has 0 spiro atoms. The number of carbonyl (C=O) groups is 2. The van der Waals surface area contributed by atoms with Gasteiger partial charge >= 0.3 is 12.1 Å². The van der Waals surface area contributed by atoms with Crippen LogP contribution in [-0.2, 0) is 20.7 Å². The van der Waals surface area contributed by atoms with E-state index in [0.717, 1.165) is 5.56 Å². The normalized spacial score (nSPS) is 13.1. The van der Waals surface area contributed by atoms with Crippen molar-refractivity contribution in [3.05, 3.63) is 30.1 Å². The van der Waals surface area contributed by atoms with E-state index >= 15 is 0 Å². The van der Waals surface area contributed by atoms with Gasteiger partial charge in [0.2, 0.25) is 0 Å². The number of rotatable bonds is 5. The molecule has 0 aliphatic heterocycles. The van der Waals surface area contributed by atoms with Crippen LogP contribution in [0.1, 0.15) is 47.1 Å². The first kappa shape index (κ1) is 18.9. The number of hydrogen-bond donors (Lipinski definition) is 1. The predicted molar refractivity (Wildman–Crippen MR) is 86.9 cm³/mol. The molecule has 1 rings (SSSR count). The average Bonchev–Trinajstić information content (AvgIpc) is 2.36. The third kappa shape index (κ3) is 7.63. The Morgan fingerprint density at radius 2 is 1.70 bits per heavy atom. The van der Waals surface area contributed by atoms with Gasteiger partial charge < -0.3 is 14.8 Å². The standard InChI is InChI=1S/C17H26N2O4/c1-12(19-15(21)23-16(2,3)4)14(20)22-17(5,6)11-13-7-9-18-10-8-13/h7-10,12H,11H2,1-6H3,(H,19,21)/t12-/m0/s1. The fourth-order valence-corrected chi connectivity index (χ4v) is 1.93. The maximum atomic E-state index is 12.1. The average molecular weight is 322 g/mol. The van der Waals surface area contributed by atoms with Crippen molar-refractivity contribution in [3.8, 4) is 0 Å². The molecular formula is C17H26N2O4. The van der Waals surface area contributed by atoms with Crippen LogP contribution >= 0.6 is 0 Å². The van der Waals surface area contributed by atoms with E-state index in [2.05, 4.69) is 10.3 Å². The molecule has 1 heterocycles. The van der Waals surface area contributed by atoms with Crippen molar-refractivity contribution in [1.82, 2.24) is 10.3 Å². The lowest BCUT2D eigenvalue weighted by Gasteiger charge is -2.27. The number of alkyl carbamates (subject to hydrolysis) is 1. The van der Waals surface area contributed by atoms with E-state index in [1.807, 2.05) is 26.0 Å². The molecule has 1 aromatic heterocycles. The second kappa shape index (κ2) is 7.44. The van der Waals surface area contributed by atoms with Gasteiger partial charge in [0.25, 0.3) is 0 Å². The lowest BCUT2D eigenvalue weighted by Crippen LogP contribution is -2.45. The highest BCUT2D eigenvalue weighted by molar-refractivity contribution is 5.81. The van der Waals surface area contributed by atoms with Gasteiger partial charge in [-0.3, -0.25) is 4.98 Å². The SMILES string of the molecule is C[C@H](NC(=O)OC(C)(C)C)C(=O)OC(C)(C)Cc1ccncc1. The van der Waals surface area contributed by atoms with Crippen LogP contribution in [0.4, 0.5) is 4.79 Å². The van der Waals surface area contributed by atoms with Crippen molar-refractivity contribution in [2.75, 3.05) is 0 Å². The molecular weight excluding hydrogens is 296 g/mol. The Morgan fingerprint density at radius 1 is 1.13 bits per heavy atom. The summed E-state index contributed by atoms with van der Waals surface area (Å²) < 4.78 is 10.6. The van der Waals surface area contributed by atoms with Gasteiger partial charge in [0, 0.05) is 18.8 Å². The number of esters is 1. The molecule has 1 amide bonds. The van der Waals surface area contributed by atoms with Crippen molar-refractivity contribution in [2.24, 2.45) is 0 Å². The third-order valence-electron chi connectivity index (χ3n) is 2.84. The van der Waals surface area contributed by atoms with Gasteiger partial charge in [0.15, 0.2) is 0 Å². The minimum Gasteiger partial charge on any atom is -0.458 e. The van der Waals surface area contributed by atoms with E-state index in [-0.39, 0.29) is 0 Å². The fourth-order valence-electron chi connectivity index (χ4n) is 1.93. The molecule has 0 saturated carbocycles. The van der Waals surface area contributed by atoms with Crippen LogP contribution in [0.15, 0.2) is 24.5 Å². The van der Waals surface area contributed by atoms with Crippen molar-refractivity contribution in [1.29, 1.82) is 0 Å². The molecule has 1 aromatic rings. The van der Waals surface area contributed by atoms with Crippen LogP contribution in [0.5, 0.6) is 0 Å². The largest absolute Gasteiger partial charge is 0.458 e. The summed E-state index contributed by atoms with van der Waals surface area (Å²) in [5, 5.41) is 2.48. The number of nitrogens with zero attached hydrogens (tertiary/aromatic N) is 1. The topological polar surface area (TPSA) is 77.5 Å². The molecule has 0 unspecified atom stereocenters. The third-order valence-corrected chi connectivity index (χ3v) is 2.84. The second-order valence-electron chi connectivity index (χ2n) is 7.08. The maximum Gasteiger partial charge on any atom is 0.408 e. The summed E-state index contributed by atoms with van der Waals surface area (Å²) in [5.74, 6) is -0.505. The minimum absolute atomic E-state index is 0.505. The van der Waals surface area contributed by atoms with Gasteiger partial charge in [0.05, 0.1) is 0 Å². The zero-order valence-corrected chi connectivity index (χ0v) is 14.7. The Bertz CT molecular complexity index is 535. The Balaban J connectivity index is 2.55. The zero-order chi connectivity index (χ0) is 17.7. The van der Waals surface area contributed by atoms with E-state index in [1.54, 1.807) is 40.1 Å². The summed E-state index contributed by atoms with van der Waals surface area (Å²) in [7, 11) is 0. The van der Waals surface area contributed by atoms with Gasteiger partial charge in [0.1, 0.15) is 17.2 Å². The van der Waals surface area contributed by atoms with E-state index < -0.39 is 29.3 Å². The van der Waals surface area contributed by atoms with Crippen molar-refractivity contribution < 1.29 is 19.1 Å². The maximum absolute atomic E-state index is 12.1. The van der Waals surface area contributed by atoms with E-state index in [1.165, 1.54) is 0 Å².